The first-order valence-corrected chi connectivity index (χ1v) is 10.8. The lowest BCUT2D eigenvalue weighted by molar-refractivity contribution is -0.119. The molecule has 2 saturated carbocycles. The molecule has 2 aliphatic carbocycles. The van der Waals surface area contributed by atoms with Gasteiger partial charge in [-0.15, -0.1) is 0 Å². The van der Waals surface area contributed by atoms with Gasteiger partial charge in [0.1, 0.15) is 5.75 Å². The van der Waals surface area contributed by atoms with E-state index in [1.165, 1.54) is 6.42 Å². The van der Waals surface area contributed by atoms with Gasteiger partial charge in [-0.05, 0) is 50.4 Å². The van der Waals surface area contributed by atoms with Gasteiger partial charge in [0.15, 0.2) is 0 Å². The van der Waals surface area contributed by atoms with Crippen LogP contribution in [0.1, 0.15) is 71.6 Å². The Kier molecular flexibility index (Phi) is 6.89. The van der Waals surface area contributed by atoms with Crippen LogP contribution in [0.4, 0.5) is 0 Å². The molecule has 6 heteroatoms. The Labute approximate surface area is 141 Å². The van der Waals surface area contributed by atoms with E-state index < -0.39 is 15.8 Å². The monoisotopic (exact) mass is 344 g/mol. The number of carbonyl (C=O) groups is 1. The van der Waals surface area contributed by atoms with Crippen molar-refractivity contribution < 1.29 is 13.2 Å². The maximum Gasteiger partial charge on any atom is 0.236 e. The zero-order valence-corrected chi connectivity index (χ0v) is 15.3. The quantitative estimate of drug-likeness (QED) is 0.777. The summed E-state index contributed by atoms with van der Waals surface area (Å²) in [5.41, 5.74) is 0. The summed E-state index contributed by atoms with van der Waals surface area (Å²) in [6.07, 6.45) is 9.34. The maximum absolute atomic E-state index is 12.2. The van der Waals surface area contributed by atoms with E-state index in [2.05, 4.69) is 23.9 Å². The molecule has 0 spiro atoms. The van der Waals surface area contributed by atoms with Gasteiger partial charge in [-0.1, -0.05) is 33.1 Å². The summed E-state index contributed by atoms with van der Waals surface area (Å²) in [4.78, 5) is 12.2. The van der Waals surface area contributed by atoms with Crippen molar-refractivity contribution in [1.82, 2.24) is 10.0 Å². The summed E-state index contributed by atoms with van der Waals surface area (Å²) in [6, 6.07) is 0.147. The molecule has 2 atom stereocenters. The van der Waals surface area contributed by atoms with Crippen molar-refractivity contribution in [3.05, 3.63) is 0 Å². The number of rotatable bonds is 6. The van der Waals surface area contributed by atoms with Crippen LogP contribution in [0.15, 0.2) is 0 Å². The largest absolute Gasteiger partial charge is 0.352 e. The fraction of sp³-hybridized carbons (Fsp3) is 0.941. The molecule has 0 aromatic rings. The molecule has 0 aliphatic heterocycles. The van der Waals surface area contributed by atoms with Gasteiger partial charge in [-0.2, -0.15) is 0 Å². The van der Waals surface area contributed by atoms with Crippen LogP contribution in [-0.2, 0) is 14.8 Å². The van der Waals surface area contributed by atoms with Crippen LogP contribution in [0.3, 0.4) is 0 Å². The fourth-order valence-electron chi connectivity index (χ4n) is 3.98. The minimum atomic E-state index is -3.53. The Balaban J connectivity index is 1.81. The molecular weight excluding hydrogens is 312 g/mol. The van der Waals surface area contributed by atoms with E-state index in [1.807, 2.05) is 0 Å². The lowest BCUT2D eigenvalue weighted by atomic mass is 9.83. The highest BCUT2D eigenvalue weighted by Crippen LogP contribution is 2.27. The molecule has 23 heavy (non-hydrogen) atoms. The average molecular weight is 345 g/mol. The van der Waals surface area contributed by atoms with Gasteiger partial charge in [0.05, 0.1) is 0 Å². The Morgan fingerprint density at radius 1 is 1.04 bits per heavy atom. The van der Waals surface area contributed by atoms with Gasteiger partial charge in [-0.3, -0.25) is 4.79 Å². The van der Waals surface area contributed by atoms with E-state index in [0.717, 1.165) is 51.4 Å². The zero-order chi connectivity index (χ0) is 16.9. The molecule has 0 aromatic heterocycles. The van der Waals surface area contributed by atoms with Gasteiger partial charge in [0.2, 0.25) is 15.9 Å². The third-order valence-electron chi connectivity index (χ3n) is 5.46. The summed E-state index contributed by atoms with van der Waals surface area (Å²) < 4.78 is 27.1. The summed E-state index contributed by atoms with van der Waals surface area (Å²) >= 11 is 0. The SMILES string of the molecule is CC[C@H]1CCCC[C@@H]1NC(=O)CS(=O)(=O)NC1CCC(C)CC1. The molecule has 0 aromatic carbocycles. The number of hydrogen-bond donors (Lipinski definition) is 2. The van der Waals surface area contributed by atoms with E-state index >= 15 is 0 Å². The van der Waals surface area contributed by atoms with Crippen LogP contribution in [-0.4, -0.2) is 32.2 Å². The second-order valence-corrected chi connectivity index (χ2v) is 9.21. The van der Waals surface area contributed by atoms with Crippen molar-refractivity contribution in [2.75, 3.05) is 5.75 Å². The van der Waals surface area contributed by atoms with Crippen LogP contribution in [0.5, 0.6) is 0 Å². The van der Waals surface area contributed by atoms with Gasteiger partial charge >= 0.3 is 0 Å². The number of sulfonamides is 1. The Morgan fingerprint density at radius 2 is 1.70 bits per heavy atom. The van der Waals surface area contributed by atoms with Gasteiger partial charge in [0, 0.05) is 12.1 Å². The first kappa shape index (κ1) is 18.7. The Morgan fingerprint density at radius 3 is 2.35 bits per heavy atom. The van der Waals surface area contributed by atoms with Crippen LogP contribution in [0, 0.1) is 11.8 Å². The second-order valence-electron chi connectivity index (χ2n) is 7.46. The van der Waals surface area contributed by atoms with Gasteiger partial charge in [0.25, 0.3) is 0 Å². The molecule has 0 radical (unpaired) electrons. The molecule has 1 amide bonds. The smallest absolute Gasteiger partial charge is 0.236 e. The van der Waals surface area contributed by atoms with Crippen LogP contribution < -0.4 is 10.0 Å². The lowest BCUT2D eigenvalue weighted by Crippen LogP contribution is -2.47. The molecule has 2 fully saturated rings. The molecule has 134 valence electrons. The van der Waals surface area contributed by atoms with Crippen LogP contribution >= 0.6 is 0 Å². The molecular formula is C17H32N2O3S. The van der Waals surface area contributed by atoms with Crippen molar-refractivity contribution in [2.45, 2.75) is 83.7 Å². The summed E-state index contributed by atoms with van der Waals surface area (Å²) in [6.45, 7) is 4.34. The minimum absolute atomic E-state index is 0.00192. The highest BCUT2D eigenvalue weighted by molar-refractivity contribution is 7.90. The topological polar surface area (TPSA) is 75.3 Å². The molecule has 2 N–H and O–H groups in total. The first-order chi connectivity index (χ1) is 10.9. The first-order valence-electron chi connectivity index (χ1n) is 9.19. The minimum Gasteiger partial charge on any atom is -0.352 e. The van der Waals surface area contributed by atoms with Crippen LogP contribution in [0.25, 0.3) is 0 Å². The Hall–Kier alpha value is -0.620. The summed E-state index contributed by atoms with van der Waals surface area (Å²) in [5.74, 6) is 0.373. The predicted octanol–water partition coefficient (Wildman–Crippen LogP) is 2.57. The molecule has 0 saturated heterocycles. The van der Waals surface area contributed by atoms with Gasteiger partial charge in [-0.25, -0.2) is 13.1 Å². The average Bonchev–Trinajstić information content (AvgIpc) is 2.49. The normalized spacial score (nSPS) is 32.4. The summed E-state index contributed by atoms with van der Waals surface area (Å²) in [5, 5.41) is 2.96. The molecule has 0 unspecified atom stereocenters. The van der Waals surface area contributed by atoms with Crippen molar-refractivity contribution >= 4 is 15.9 Å². The third kappa shape index (κ3) is 6.07. The molecule has 5 nitrogen and oxygen atoms in total. The maximum atomic E-state index is 12.2. The van der Waals surface area contributed by atoms with E-state index in [1.54, 1.807) is 0 Å². The molecule has 0 heterocycles. The zero-order valence-electron chi connectivity index (χ0n) is 14.5. The molecule has 2 rings (SSSR count). The standard InChI is InChI=1S/C17H32N2O3S/c1-3-14-6-4-5-7-16(14)18-17(20)12-23(21,22)19-15-10-8-13(2)9-11-15/h13-16,19H,3-12H2,1-2H3,(H,18,20)/t13?,14-,15?,16-/m0/s1. The van der Waals surface area contributed by atoms with Gasteiger partial charge < -0.3 is 5.32 Å². The lowest BCUT2D eigenvalue weighted by Gasteiger charge is -2.31. The van der Waals surface area contributed by atoms with Crippen molar-refractivity contribution in [3.63, 3.8) is 0 Å². The number of nitrogens with one attached hydrogen (secondary N) is 2. The van der Waals surface area contributed by atoms with E-state index in [-0.39, 0.29) is 18.0 Å². The highest BCUT2D eigenvalue weighted by atomic mass is 32.2. The second kappa shape index (κ2) is 8.47. The van der Waals surface area contributed by atoms with Crippen LogP contribution in [0.2, 0.25) is 0 Å². The fourth-order valence-corrected chi connectivity index (χ4v) is 5.24. The van der Waals surface area contributed by atoms with E-state index in [4.69, 9.17) is 0 Å². The number of amides is 1. The van der Waals surface area contributed by atoms with Crippen molar-refractivity contribution in [1.29, 1.82) is 0 Å². The Bertz CT molecular complexity index is 484. The van der Waals surface area contributed by atoms with E-state index in [0.29, 0.717) is 11.8 Å². The van der Waals surface area contributed by atoms with Crippen molar-refractivity contribution in [2.24, 2.45) is 11.8 Å². The van der Waals surface area contributed by atoms with Crippen molar-refractivity contribution in [3.8, 4) is 0 Å². The third-order valence-corrected chi connectivity index (χ3v) is 6.80. The number of carbonyl (C=O) groups excluding carboxylic acids is 1. The van der Waals surface area contributed by atoms with E-state index in [9.17, 15) is 13.2 Å². The predicted molar refractivity (Wildman–Crippen MR) is 92.5 cm³/mol. The number of hydrogen-bond acceptors (Lipinski definition) is 3. The summed E-state index contributed by atoms with van der Waals surface area (Å²) in [7, 11) is -3.53. The molecule has 2 aliphatic rings. The molecule has 0 bridgehead atoms. The highest BCUT2D eigenvalue weighted by Gasteiger charge is 2.28.